The van der Waals surface area contributed by atoms with E-state index in [4.69, 9.17) is 4.74 Å². The number of amides is 1. The fourth-order valence-corrected chi connectivity index (χ4v) is 2.46. The maximum atomic E-state index is 12.1. The SMILES string of the molecule is CCCCC(=COC(=O)C1CC(=O)N(CCCC)C1)CC. The number of carbonyl (C=O) groups excluding carboxylic acids is 2. The summed E-state index contributed by atoms with van der Waals surface area (Å²) in [6, 6.07) is 0. The molecule has 4 nitrogen and oxygen atoms in total. The van der Waals surface area contributed by atoms with Crippen LogP contribution in [0.3, 0.4) is 0 Å². The molecule has 4 heteroatoms. The van der Waals surface area contributed by atoms with Crippen LogP contribution in [0.4, 0.5) is 0 Å². The van der Waals surface area contributed by atoms with Crippen LogP contribution < -0.4 is 0 Å². The van der Waals surface area contributed by atoms with E-state index >= 15 is 0 Å². The number of esters is 1. The Morgan fingerprint density at radius 3 is 2.62 bits per heavy atom. The van der Waals surface area contributed by atoms with Crippen LogP contribution in [-0.2, 0) is 14.3 Å². The molecular formula is C17H29NO3. The highest BCUT2D eigenvalue weighted by Gasteiger charge is 2.34. The highest BCUT2D eigenvalue weighted by Crippen LogP contribution is 2.20. The lowest BCUT2D eigenvalue weighted by molar-refractivity contribution is -0.142. The third-order valence-corrected chi connectivity index (χ3v) is 3.98. The van der Waals surface area contributed by atoms with Gasteiger partial charge in [0.2, 0.25) is 5.91 Å². The summed E-state index contributed by atoms with van der Waals surface area (Å²) in [5.74, 6) is -0.476. The van der Waals surface area contributed by atoms with Crippen molar-refractivity contribution >= 4 is 11.9 Å². The molecule has 0 aromatic rings. The molecule has 1 heterocycles. The Balaban J connectivity index is 2.45. The second-order valence-electron chi connectivity index (χ2n) is 5.76. The predicted octanol–water partition coefficient (Wildman–Crippen LogP) is 3.66. The van der Waals surface area contributed by atoms with Crippen molar-refractivity contribution in [2.24, 2.45) is 5.92 Å². The Bertz CT molecular complexity index is 376. The van der Waals surface area contributed by atoms with E-state index in [1.165, 1.54) is 0 Å². The van der Waals surface area contributed by atoms with E-state index in [0.29, 0.717) is 13.0 Å². The van der Waals surface area contributed by atoms with E-state index < -0.39 is 0 Å². The fourth-order valence-electron chi connectivity index (χ4n) is 2.46. The van der Waals surface area contributed by atoms with Crippen molar-refractivity contribution in [1.82, 2.24) is 4.90 Å². The van der Waals surface area contributed by atoms with Crippen LogP contribution in [-0.4, -0.2) is 29.9 Å². The lowest BCUT2D eigenvalue weighted by Crippen LogP contribution is -2.27. The summed E-state index contributed by atoms with van der Waals surface area (Å²) < 4.78 is 5.30. The van der Waals surface area contributed by atoms with Gasteiger partial charge in [0.05, 0.1) is 12.2 Å². The monoisotopic (exact) mass is 295 g/mol. The van der Waals surface area contributed by atoms with Gasteiger partial charge in [-0.3, -0.25) is 9.59 Å². The lowest BCUT2D eigenvalue weighted by atomic mass is 10.1. The van der Waals surface area contributed by atoms with Gasteiger partial charge >= 0.3 is 5.97 Å². The van der Waals surface area contributed by atoms with E-state index in [2.05, 4.69) is 20.8 Å². The minimum atomic E-state index is -0.296. The average molecular weight is 295 g/mol. The molecule has 0 aliphatic carbocycles. The molecule has 0 N–H and O–H groups in total. The molecule has 1 atom stereocenters. The normalized spacial score (nSPS) is 19.2. The van der Waals surface area contributed by atoms with Gasteiger partial charge in [-0.2, -0.15) is 0 Å². The Labute approximate surface area is 128 Å². The zero-order valence-electron chi connectivity index (χ0n) is 13.7. The van der Waals surface area contributed by atoms with Crippen LogP contribution in [0.2, 0.25) is 0 Å². The van der Waals surface area contributed by atoms with Crippen molar-refractivity contribution in [3.63, 3.8) is 0 Å². The topological polar surface area (TPSA) is 46.6 Å². The van der Waals surface area contributed by atoms with Crippen molar-refractivity contribution in [3.8, 4) is 0 Å². The van der Waals surface area contributed by atoms with E-state index in [0.717, 1.165) is 50.6 Å². The number of rotatable bonds is 9. The molecule has 1 fully saturated rings. The number of hydrogen-bond acceptors (Lipinski definition) is 3. The van der Waals surface area contributed by atoms with Crippen LogP contribution >= 0.6 is 0 Å². The first-order valence-electron chi connectivity index (χ1n) is 8.28. The maximum absolute atomic E-state index is 12.1. The van der Waals surface area contributed by atoms with E-state index in [9.17, 15) is 9.59 Å². The summed E-state index contributed by atoms with van der Waals surface area (Å²) in [4.78, 5) is 25.7. The Morgan fingerprint density at radius 2 is 2.00 bits per heavy atom. The summed E-state index contributed by atoms with van der Waals surface area (Å²) in [7, 11) is 0. The molecule has 1 saturated heterocycles. The van der Waals surface area contributed by atoms with E-state index in [-0.39, 0.29) is 17.8 Å². The molecule has 0 radical (unpaired) electrons. The number of hydrogen-bond donors (Lipinski definition) is 0. The Kier molecular flexibility index (Phi) is 8.09. The molecule has 120 valence electrons. The lowest BCUT2D eigenvalue weighted by Gasteiger charge is -2.15. The highest BCUT2D eigenvalue weighted by molar-refractivity contribution is 5.87. The van der Waals surface area contributed by atoms with Gasteiger partial charge in [-0.15, -0.1) is 0 Å². The Morgan fingerprint density at radius 1 is 1.29 bits per heavy atom. The third-order valence-electron chi connectivity index (χ3n) is 3.98. The summed E-state index contributed by atoms with van der Waals surface area (Å²) in [6.07, 6.45) is 8.08. The molecule has 1 amide bonds. The average Bonchev–Trinajstić information content (AvgIpc) is 2.86. The smallest absolute Gasteiger partial charge is 0.316 e. The zero-order valence-corrected chi connectivity index (χ0v) is 13.7. The number of allylic oxidation sites excluding steroid dienone is 1. The van der Waals surface area contributed by atoms with E-state index in [1.54, 1.807) is 11.2 Å². The zero-order chi connectivity index (χ0) is 15.7. The number of nitrogens with zero attached hydrogens (tertiary/aromatic N) is 1. The standard InChI is InChI=1S/C17H29NO3/c1-4-7-9-14(6-3)13-21-17(20)15-11-16(19)18(12-15)10-8-5-2/h13,15H,4-12H2,1-3H3. The van der Waals surface area contributed by atoms with Crippen LogP contribution in [0, 0.1) is 5.92 Å². The summed E-state index contributed by atoms with van der Waals surface area (Å²) in [5, 5.41) is 0. The van der Waals surface area contributed by atoms with Gasteiger partial charge in [0.1, 0.15) is 0 Å². The maximum Gasteiger partial charge on any atom is 0.316 e. The number of likely N-dealkylation sites (tertiary alicyclic amines) is 1. The van der Waals surface area contributed by atoms with Gasteiger partial charge in [-0.05, 0) is 31.3 Å². The fraction of sp³-hybridized carbons (Fsp3) is 0.765. The van der Waals surface area contributed by atoms with Crippen LogP contribution in [0.15, 0.2) is 11.8 Å². The van der Waals surface area contributed by atoms with Crippen molar-refractivity contribution in [2.75, 3.05) is 13.1 Å². The van der Waals surface area contributed by atoms with Crippen molar-refractivity contribution in [2.45, 2.75) is 65.7 Å². The largest absolute Gasteiger partial charge is 0.434 e. The molecule has 1 aliphatic heterocycles. The number of ether oxygens (including phenoxy) is 1. The summed E-state index contributed by atoms with van der Waals surface area (Å²) in [5.41, 5.74) is 1.16. The van der Waals surface area contributed by atoms with Crippen molar-refractivity contribution in [1.29, 1.82) is 0 Å². The molecule has 0 spiro atoms. The van der Waals surface area contributed by atoms with Crippen LogP contribution in [0.25, 0.3) is 0 Å². The quantitative estimate of drug-likeness (QED) is 0.482. The highest BCUT2D eigenvalue weighted by atomic mass is 16.5. The molecule has 0 saturated carbocycles. The molecule has 21 heavy (non-hydrogen) atoms. The van der Waals surface area contributed by atoms with Gasteiger partial charge in [0, 0.05) is 19.5 Å². The Hall–Kier alpha value is -1.32. The molecule has 0 bridgehead atoms. The molecule has 1 aliphatic rings. The third kappa shape index (κ3) is 5.90. The minimum Gasteiger partial charge on any atom is -0.434 e. The van der Waals surface area contributed by atoms with Gasteiger partial charge in [-0.25, -0.2) is 0 Å². The van der Waals surface area contributed by atoms with Crippen molar-refractivity contribution in [3.05, 3.63) is 11.8 Å². The first kappa shape index (κ1) is 17.7. The molecular weight excluding hydrogens is 266 g/mol. The number of carbonyl (C=O) groups is 2. The second-order valence-corrected chi connectivity index (χ2v) is 5.76. The van der Waals surface area contributed by atoms with Crippen LogP contribution in [0.1, 0.15) is 65.7 Å². The van der Waals surface area contributed by atoms with E-state index in [1.807, 2.05) is 0 Å². The number of unbranched alkanes of at least 4 members (excludes halogenated alkanes) is 2. The van der Waals surface area contributed by atoms with Gasteiger partial charge in [0.25, 0.3) is 0 Å². The second kappa shape index (κ2) is 9.59. The predicted molar refractivity (Wildman–Crippen MR) is 83.6 cm³/mol. The molecule has 1 unspecified atom stereocenters. The minimum absolute atomic E-state index is 0.0797. The summed E-state index contributed by atoms with van der Waals surface area (Å²) in [6.45, 7) is 7.59. The molecule has 1 rings (SSSR count). The van der Waals surface area contributed by atoms with Gasteiger partial charge in [0.15, 0.2) is 0 Å². The van der Waals surface area contributed by atoms with Crippen LogP contribution in [0.5, 0.6) is 0 Å². The van der Waals surface area contributed by atoms with Gasteiger partial charge in [-0.1, -0.05) is 33.6 Å². The van der Waals surface area contributed by atoms with Gasteiger partial charge < -0.3 is 9.64 Å². The molecule has 0 aromatic heterocycles. The first-order chi connectivity index (χ1) is 10.1. The molecule has 0 aromatic carbocycles. The summed E-state index contributed by atoms with van der Waals surface area (Å²) >= 11 is 0. The first-order valence-corrected chi connectivity index (χ1v) is 8.28. The van der Waals surface area contributed by atoms with Crippen molar-refractivity contribution < 1.29 is 14.3 Å².